The van der Waals surface area contributed by atoms with Gasteiger partial charge in [0.25, 0.3) is 10.0 Å². The molecule has 0 radical (unpaired) electrons. The van der Waals surface area contributed by atoms with Gasteiger partial charge < -0.3 is 0 Å². The average Bonchev–Trinajstić information content (AvgIpc) is 2.97. The molecule has 6 nitrogen and oxygen atoms in total. The molecule has 2 aromatic heterocycles. The zero-order chi connectivity index (χ0) is 16.6. The molecule has 1 aromatic carbocycles. The molecule has 0 amide bonds. The number of fused-ring (bicyclic) bond motifs is 1. The largest absolute Gasteiger partial charge is 0.291 e. The van der Waals surface area contributed by atoms with E-state index in [-0.39, 0.29) is 20.0 Å². The highest BCUT2D eigenvalue weighted by atomic mass is 35.5. The van der Waals surface area contributed by atoms with Crippen LogP contribution in [0.3, 0.4) is 0 Å². The van der Waals surface area contributed by atoms with Crippen LogP contribution in [0.4, 0.5) is 5.82 Å². The summed E-state index contributed by atoms with van der Waals surface area (Å²) in [5.41, 5.74) is 2.56. The summed E-state index contributed by atoms with van der Waals surface area (Å²) >= 11 is 19.0. The Hall–Kier alpha value is -1.16. The van der Waals surface area contributed by atoms with E-state index in [0.29, 0.717) is 11.2 Å². The highest BCUT2D eigenvalue weighted by Gasteiger charge is 2.20. The van der Waals surface area contributed by atoms with E-state index in [0.717, 1.165) is 4.83 Å². The summed E-state index contributed by atoms with van der Waals surface area (Å²) in [6.07, 6.45) is 1.33. The van der Waals surface area contributed by atoms with Gasteiger partial charge in [-0.3, -0.25) is 5.43 Å². The van der Waals surface area contributed by atoms with Gasteiger partial charge in [-0.05, 0) is 23.6 Å². The minimum atomic E-state index is -3.97. The summed E-state index contributed by atoms with van der Waals surface area (Å²) in [6.45, 7) is 0. The predicted molar refractivity (Wildman–Crippen MR) is 92.8 cm³/mol. The zero-order valence-electron chi connectivity index (χ0n) is 11.0. The highest BCUT2D eigenvalue weighted by Crippen LogP contribution is 2.31. The Labute approximate surface area is 150 Å². The van der Waals surface area contributed by atoms with Gasteiger partial charge in [0.15, 0.2) is 5.82 Å². The number of aromatic nitrogens is 2. The lowest BCUT2D eigenvalue weighted by molar-refractivity contribution is 0.587. The second-order valence-electron chi connectivity index (χ2n) is 4.29. The van der Waals surface area contributed by atoms with Crippen LogP contribution in [-0.4, -0.2) is 18.4 Å². The lowest BCUT2D eigenvalue weighted by Crippen LogP contribution is -2.30. The molecule has 0 aliphatic rings. The molecular weight excluding hydrogens is 403 g/mol. The van der Waals surface area contributed by atoms with Gasteiger partial charge in [-0.15, -0.1) is 16.2 Å². The standard InChI is InChI=1S/C12H7Cl3N4O2S2/c13-7-3-9(15)10(4-8(7)14)23(20,21)19-18-11-6-1-2-22-12(6)17-5-16-11/h1-5,19H,(H,16,17,18). The number of nitrogens with zero attached hydrogens (tertiary/aromatic N) is 2. The van der Waals surface area contributed by atoms with Gasteiger partial charge in [-0.2, -0.15) is 0 Å². The van der Waals surface area contributed by atoms with Crippen LogP contribution in [0.15, 0.2) is 34.8 Å². The van der Waals surface area contributed by atoms with E-state index in [1.54, 1.807) is 6.07 Å². The molecule has 120 valence electrons. The van der Waals surface area contributed by atoms with Crippen molar-refractivity contribution in [2.75, 3.05) is 5.43 Å². The van der Waals surface area contributed by atoms with Crippen LogP contribution in [0.2, 0.25) is 15.1 Å². The maximum atomic E-state index is 12.4. The Morgan fingerprint density at radius 3 is 2.57 bits per heavy atom. The van der Waals surface area contributed by atoms with Crippen molar-refractivity contribution in [3.63, 3.8) is 0 Å². The first-order chi connectivity index (χ1) is 10.9. The first-order valence-electron chi connectivity index (χ1n) is 5.99. The quantitative estimate of drug-likeness (QED) is 0.503. The van der Waals surface area contributed by atoms with Gasteiger partial charge >= 0.3 is 0 Å². The summed E-state index contributed by atoms with van der Waals surface area (Å²) in [5, 5.41) is 2.73. The molecule has 2 N–H and O–H groups in total. The number of hydrazine groups is 1. The lowest BCUT2D eigenvalue weighted by Gasteiger charge is -2.11. The molecule has 11 heteroatoms. The lowest BCUT2D eigenvalue weighted by atomic mass is 10.4. The van der Waals surface area contributed by atoms with E-state index in [4.69, 9.17) is 34.8 Å². The average molecular weight is 410 g/mol. The van der Waals surface area contributed by atoms with E-state index in [1.807, 2.05) is 5.38 Å². The molecule has 0 unspecified atom stereocenters. The molecule has 0 aliphatic heterocycles. The van der Waals surface area contributed by atoms with Crippen LogP contribution in [0, 0.1) is 0 Å². The fraction of sp³-hybridized carbons (Fsp3) is 0. The van der Waals surface area contributed by atoms with E-state index in [1.165, 1.54) is 29.8 Å². The number of rotatable bonds is 4. The normalized spacial score (nSPS) is 11.8. The number of nitrogens with one attached hydrogen (secondary N) is 2. The van der Waals surface area contributed by atoms with E-state index in [2.05, 4.69) is 20.2 Å². The Kier molecular flexibility index (Phi) is 4.63. The Morgan fingerprint density at radius 2 is 1.78 bits per heavy atom. The minimum Gasteiger partial charge on any atom is -0.291 e. The van der Waals surface area contributed by atoms with Gasteiger partial charge in [0.05, 0.1) is 20.5 Å². The second kappa shape index (κ2) is 6.39. The van der Waals surface area contributed by atoms with Gasteiger partial charge in [0, 0.05) is 0 Å². The second-order valence-corrected chi connectivity index (χ2v) is 8.06. The Balaban J connectivity index is 1.90. The number of thiophene rings is 1. The minimum absolute atomic E-state index is 0.0444. The smallest absolute Gasteiger partial charge is 0.258 e. The molecule has 0 saturated carbocycles. The van der Waals surface area contributed by atoms with Crippen LogP contribution in [0.5, 0.6) is 0 Å². The maximum Gasteiger partial charge on any atom is 0.258 e. The molecule has 3 aromatic rings. The molecular formula is C12H7Cl3N4O2S2. The van der Waals surface area contributed by atoms with Crippen LogP contribution in [-0.2, 0) is 10.0 Å². The zero-order valence-corrected chi connectivity index (χ0v) is 14.9. The molecule has 23 heavy (non-hydrogen) atoms. The first kappa shape index (κ1) is 16.7. The van der Waals surface area contributed by atoms with Crippen molar-refractivity contribution in [1.82, 2.24) is 14.8 Å². The van der Waals surface area contributed by atoms with E-state index < -0.39 is 10.0 Å². The first-order valence-corrected chi connectivity index (χ1v) is 9.49. The van der Waals surface area contributed by atoms with Crippen LogP contribution >= 0.6 is 46.1 Å². The SMILES string of the molecule is O=S(=O)(NNc1ncnc2sccc12)c1cc(Cl)c(Cl)cc1Cl. The van der Waals surface area contributed by atoms with Crippen molar-refractivity contribution in [1.29, 1.82) is 0 Å². The summed E-state index contributed by atoms with van der Waals surface area (Å²) in [4.78, 5) is 10.8. The molecule has 0 atom stereocenters. The number of halogens is 3. The van der Waals surface area contributed by atoms with E-state index in [9.17, 15) is 8.42 Å². The van der Waals surface area contributed by atoms with Gasteiger partial charge in [-0.25, -0.2) is 18.4 Å². The number of sulfonamides is 1. The van der Waals surface area contributed by atoms with Gasteiger partial charge in [-0.1, -0.05) is 34.8 Å². The van der Waals surface area contributed by atoms with Crippen molar-refractivity contribution in [2.24, 2.45) is 0 Å². The van der Waals surface area contributed by atoms with Gasteiger partial charge in [0.1, 0.15) is 16.1 Å². The highest BCUT2D eigenvalue weighted by molar-refractivity contribution is 7.89. The number of hydrogen-bond acceptors (Lipinski definition) is 6. The van der Waals surface area contributed by atoms with Crippen LogP contribution in [0.25, 0.3) is 10.2 Å². The third-order valence-corrected chi connectivity index (χ3v) is 6.09. The summed E-state index contributed by atoms with van der Waals surface area (Å²) < 4.78 is 24.7. The number of benzene rings is 1. The summed E-state index contributed by atoms with van der Waals surface area (Å²) in [7, 11) is -3.97. The fourth-order valence-corrected chi connectivity index (χ4v) is 4.35. The topological polar surface area (TPSA) is 84.0 Å². The van der Waals surface area contributed by atoms with Crippen LogP contribution < -0.4 is 10.3 Å². The molecule has 0 saturated heterocycles. The van der Waals surface area contributed by atoms with E-state index >= 15 is 0 Å². The van der Waals surface area contributed by atoms with Crippen molar-refractivity contribution >= 4 is 72.2 Å². The number of hydrogen-bond donors (Lipinski definition) is 2. The van der Waals surface area contributed by atoms with Crippen molar-refractivity contribution in [3.05, 3.63) is 45.0 Å². The van der Waals surface area contributed by atoms with Gasteiger partial charge in [0.2, 0.25) is 0 Å². The third kappa shape index (κ3) is 3.37. The molecule has 0 spiro atoms. The maximum absolute atomic E-state index is 12.4. The molecule has 2 heterocycles. The third-order valence-electron chi connectivity index (χ3n) is 2.83. The molecule has 0 bridgehead atoms. The van der Waals surface area contributed by atoms with Crippen molar-refractivity contribution in [2.45, 2.75) is 4.90 Å². The fourth-order valence-electron chi connectivity index (χ4n) is 1.77. The monoisotopic (exact) mass is 408 g/mol. The molecule has 0 fully saturated rings. The molecule has 3 rings (SSSR count). The molecule has 0 aliphatic carbocycles. The van der Waals surface area contributed by atoms with Crippen molar-refractivity contribution < 1.29 is 8.42 Å². The predicted octanol–water partition coefficient (Wildman–Crippen LogP) is 3.96. The Bertz CT molecular complexity index is 991. The van der Waals surface area contributed by atoms with Crippen molar-refractivity contribution in [3.8, 4) is 0 Å². The summed E-state index contributed by atoms with van der Waals surface area (Å²) in [5.74, 6) is 0.330. The van der Waals surface area contributed by atoms with Crippen LogP contribution in [0.1, 0.15) is 0 Å². The summed E-state index contributed by atoms with van der Waals surface area (Å²) in [6, 6.07) is 4.22. The Morgan fingerprint density at radius 1 is 1.04 bits per heavy atom. The number of anilines is 1.